The average Bonchev–Trinajstić information content (AvgIpc) is 2.35. The van der Waals surface area contributed by atoms with Gasteiger partial charge in [-0.05, 0) is 6.92 Å². The van der Waals surface area contributed by atoms with Crippen LogP contribution in [0.4, 0.5) is 4.79 Å². The Morgan fingerprint density at radius 2 is 2.55 bits per heavy atom. The molecule has 1 aromatic heterocycles. The van der Waals surface area contributed by atoms with Gasteiger partial charge in [0.05, 0.1) is 0 Å². The highest BCUT2D eigenvalue weighted by atomic mass is 35.5. The number of aromatic amines is 1. The molecule has 0 bridgehead atoms. The number of ether oxygens (including phenoxy) is 1. The van der Waals surface area contributed by atoms with Gasteiger partial charge in [-0.1, -0.05) is 5.21 Å². The number of carbonyl (C=O) groups excluding carboxylic acids is 1. The summed E-state index contributed by atoms with van der Waals surface area (Å²) in [5, 5.41) is 12.7. The first-order chi connectivity index (χ1) is 5.20. The predicted octanol–water partition coefficient (Wildman–Crippen LogP) is 0.636. The SMILES string of the molecule is CC(OC(=O)Cl)c1nn[nH]n1. The van der Waals surface area contributed by atoms with Gasteiger partial charge in [0.1, 0.15) is 0 Å². The van der Waals surface area contributed by atoms with Gasteiger partial charge in [0.25, 0.3) is 0 Å². The molecule has 1 rings (SSSR count). The number of halogens is 1. The molecule has 0 saturated heterocycles. The summed E-state index contributed by atoms with van der Waals surface area (Å²) in [6.45, 7) is 1.59. The van der Waals surface area contributed by atoms with Crippen molar-refractivity contribution in [3.05, 3.63) is 5.82 Å². The van der Waals surface area contributed by atoms with E-state index in [2.05, 4.69) is 25.4 Å². The maximum absolute atomic E-state index is 10.2. The molecule has 1 N–H and O–H groups in total. The van der Waals surface area contributed by atoms with Crippen molar-refractivity contribution in [2.75, 3.05) is 0 Å². The summed E-state index contributed by atoms with van der Waals surface area (Å²) in [5.41, 5.74) is -0.887. The van der Waals surface area contributed by atoms with Crippen LogP contribution in [0.3, 0.4) is 0 Å². The fourth-order valence-corrected chi connectivity index (χ4v) is 0.667. The lowest BCUT2D eigenvalue weighted by molar-refractivity contribution is 0.127. The van der Waals surface area contributed by atoms with E-state index in [1.165, 1.54) is 0 Å². The number of rotatable bonds is 2. The zero-order valence-electron chi connectivity index (χ0n) is 5.61. The first-order valence-electron chi connectivity index (χ1n) is 2.79. The number of aromatic nitrogens is 4. The molecule has 1 unspecified atom stereocenters. The van der Waals surface area contributed by atoms with Crippen molar-refractivity contribution in [2.45, 2.75) is 13.0 Å². The van der Waals surface area contributed by atoms with Crippen molar-refractivity contribution >= 4 is 17.0 Å². The number of nitrogens with one attached hydrogen (secondary N) is 1. The van der Waals surface area contributed by atoms with Gasteiger partial charge >= 0.3 is 5.43 Å². The predicted molar refractivity (Wildman–Crippen MR) is 34.9 cm³/mol. The molecule has 0 aliphatic rings. The Morgan fingerprint density at radius 3 is 3.00 bits per heavy atom. The van der Waals surface area contributed by atoms with Gasteiger partial charge < -0.3 is 4.74 Å². The van der Waals surface area contributed by atoms with Gasteiger partial charge in [0, 0.05) is 11.6 Å². The van der Waals surface area contributed by atoms with Gasteiger partial charge in [0.15, 0.2) is 6.10 Å². The van der Waals surface area contributed by atoms with Crippen molar-refractivity contribution in [1.29, 1.82) is 0 Å². The molecule has 0 aromatic carbocycles. The second-order valence-electron chi connectivity index (χ2n) is 1.77. The molecule has 0 saturated carbocycles. The molecule has 7 heteroatoms. The third kappa shape index (κ3) is 2.15. The van der Waals surface area contributed by atoms with Crippen molar-refractivity contribution in [2.24, 2.45) is 0 Å². The Bertz CT molecular complexity index is 236. The standard InChI is InChI=1S/C4H5ClN4O2/c1-2(11-4(5)10)3-6-8-9-7-3/h2H,1H3,(H,6,7,8,9). The minimum absolute atomic E-state index is 0.291. The summed E-state index contributed by atoms with van der Waals surface area (Å²) in [5.74, 6) is 0.291. The number of hydrogen-bond acceptors (Lipinski definition) is 5. The highest BCUT2D eigenvalue weighted by molar-refractivity contribution is 6.61. The highest BCUT2D eigenvalue weighted by Crippen LogP contribution is 2.10. The van der Waals surface area contributed by atoms with Crippen molar-refractivity contribution in [3.63, 3.8) is 0 Å². The summed E-state index contributed by atoms with van der Waals surface area (Å²) in [4.78, 5) is 10.2. The molecule has 0 spiro atoms. The van der Waals surface area contributed by atoms with E-state index in [0.717, 1.165) is 0 Å². The van der Waals surface area contributed by atoms with E-state index in [-0.39, 0.29) is 0 Å². The topological polar surface area (TPSA) is 80.8 Å². The molecule has 0 amide bonds. The van der Waals surface area contributed by atoms with Crippen LogP contribution in [0, 0.1) is 0 Å². The van der Waals surface area contributed by atoms with E-state index in [4.69, 9.17) is 11.6 Å². The second-order valence-corrected chi connectivity index (χ2v) is 2.08. The van der Waals surface area contributed by atoms with Crippen molar-refractivity contribution < 1.29 is 9.53 Å². The van der Waals surface area contributed by atoms with E-state index in [0.29, 0.717) is 5.82 Å². The number of hydrogen-bond donors (Lipinski definition) is 1. The molecule has 0 fully saturated rings. The molecule has 11 heavy (non-hydrogen) atoms. The zero-order valence-corrected chi connectivity index (χ0v) is 6.37. The monoisotopic (exact) mass is 176 g/mol. The van der Waals surface area contributed by atoms with E-state index in [1.807, 2.05) is 0 Å². The minimum Gasteiger partial charge on any atom is -0.442 e. The molecule has 0 aliphatic heterocycles. The first kappa shape index (κ1) is 7.93. The van der Waals surface area contributed by atoms with Gasteiger partial charge in [-0.3, -0.25) is 0 Å². The molecular weight excluding hydrogens is 172 g/mol. The lowest BCUT2D eigenvalue weighted by Crippen LogP contribution is -2.03. The van der Waals surface area contributed by atoms with Gasteiger partial charge in [-0.25, -0.2) is 4.79 Å². The summed E-state index contributed by atoms with van der Waals surface area (Å²) >= 11 is 4.94. The second kappa shape index (κ2) is 3.29. The quantitative estimate of drug-likeness (QED) is 0.669. The Kier molecular flexibility index (Phi) is 2.37. The number of tetrazole rings is 1. The average molecular weight is 177 g/mol. The zero-order chi connectivity index (χ0) is 8.27. The Hall–Kier alpha value is -1.17. The van der Waals surface area contributed by atoms with Crippen molar-refractivity contribution in [3.8, 4) is 0 Å². The maximum atomic E-state index is 10.2. The lowest BCUT2D eigenvalue weighted by Gasteiger charge is -2.03. The van der Waals surface area contributed by atoms with Gasteiger partial charge in [-0.2, -0.15) is 5.21 Å². The fraction of sp³-hybridized carbons (Fsp3) is 0.500. The molecule has 1 atom stereocenters. The van der Waals surface area contributed by atoms with Gasteiger partial charge in [0.2, 0.25) is 5.82 Å². The summed E-state index contributed by atoms with van der Waals surface area (Å²) in [7, 11) is 0. The van der Waals surface area contributed by atoms with Crippen LogP contribution in [0.15, 0.2) is 0 Å². The Morgan fingerprint density at radius 1 is 1.82 bits per heavy atom. The smallest absolute Gasteiger partial charge is 0.404 e. The normalized spacial score (nSPS) is 12.5. The van der Waals surface area contributed by atoms with Crippen LogP contribution in [0.25, 0.3) is 0 Å². The van der Waals surface area contributed by atoms with Crippen LogP contribution in [0.1, 0.15) is 18.9 Å². The van der Waals surface area contributed by atoms with Gasteiger partial charge in [-0.15, -0.1) is 10.2 Å². The summed E-state index contributed by atoms with van der Waals surface area (Å²) in [6.07, 6.45) is -0.571. The first-order valence-corrected chi connectivity index (χ1v) is 3.17. The Labute approximate surface area is 66.9 Å². The van der Waals surface area contributed by atoms with Crippen LogP contribution in [0.5, 0.6) is 0 Å². The largest absolute Gasteiger partial charge is 0.442 e. The van der Waals surface area contributed by atoms with E-state index >= 15 is 0 Å². The van der Waals surface area contributed by atoms with Crippen LogP contribution in [0.2, 0.25) is 0 Å². The third-order valence-electron chi connectivity index (χ3n) is 0.995. The number of carbonyl (C=O) groups is 1. The fourth-order valence-electron chi connectivity index (χ4n) is 0.533. The van der Waals surface area contributed by atoms with Crippen LogP contribution < -0.4 is 0 Å². The third-order valence-corrected chi connectivity index (χ3v) is 1.08. The van der Waals surface area contributed by atoms with E-state index < -0.39 is 11.5 Å². The minimum atomic E-state index is -0.887. The maximum Gasteiger partial charge on any atom is 0.404 e. The molecule has 60 valence electrons. The molecular formula is C4H5ClN4O2. The number of nitrogens with zero attached hydrogens (tertiary/aromatic N) is 3. The molecule has 0 radical (unpaired) electrons. The Balaban J connectivity index is 2.56. The molecule has 0 aliphatic carbocycles. The van der Waals surface area contributed by atoms with Crippen LogP contribution in [-0.4, -0.2) is 26.1 Å². The molecule has 6 nitrogen and oxygen atoms in total. The summed E-state index contributed by atoms with van der Waals surface area (Å²) < 4.78 is 4.54. The van der Waals surface area contributed by atoms with E-state index in [1.54, 1.807) is 6.92 Å². The highest BCUT2D eigenvalue weighted by Gasteiger charge is 2.13. The number of H-pyrrole nitrogens is 1. The van der Waals surface area contributed by atoms with Crippen molar-refractivity contribution in [1.82, 2.24) is 20.6 Å². The lowest BCUT2D eigenvalue weighted by atomic mass is 10.4. The summed E-state index contributed by atoms with van der Waals surface area (Å²) in [6, 6.07) is 0. The van der Waals surface area contributed by atoms with Crippen LogP contribution in [-0.2, 0) is 4.74 Å². The van der Waals surface area contributed by atoms with Crippen LogP contribution >= 0.6 is 11.6 Å². The molecule has 1 aromatic rings. The van der Waals surface area contributed by atoms with E-state index in [9.17, 15) is 4.79 Å². The molecule has 1 heterocycles.